The van der Waals surface area contributed by atoms with E-state index in [0.29, 0.717) is 12.5 Å². The monoisotopic (exact) mass is 279 g/mol. The lowest BCUT2D eigenvalue weighted by Crippen LogP contribution is -2.24. The summed E-state index contributed by atoms with van der Waals surface area (Å²) in [6, 6.07) is 10.4. The second-order valence-electron chi connectivity index (χ2n) is 4.35. The highest BCUT2D eigenvalue weighted by Crippen LogP contribution is 2.43. The van der Waals surface area contributed by atoms with Crippen LogP contribution < -0.4 is 10.1 Å². The van der Waals surface area contributed by atoms with Crippen LogP contribution >= 0.6 is 22.9 Å². The highest BCUT2D eigenvalue weighted by Gasteiger charge is 2.32. The number of likely N-dealkylation sites (N-methyl/N-ethyl adjacent to an activating group) is 1. The molecule has 2 atom stereocenters. The van der Waals surface area contributed by atoms with Crippen molar-refractivity contribution in [1.29, 1.82) is 0 Å². The summed E-state index contributed by atoms with van der Waals surface area (Å²) in [5.74, 6) is 1.32. The minimum Gasteiger partial charge on any atom is -0.493 e. The third kappa shape index (κ3) is 1.92. The van der Waals surface area contributed by atoms with Gasteiger partial charge in [0.05, 0.1) is 17.7 Å². The van der Waals surface area contributed by atoms with Gasteiger partial charge in [0.15, 0.2) is 0 Å². The molecule has 2 heterocycles. The minimum atomic E-state index is 0.209. The van der Waals surface area contributed by atoms with Gasteiger partial charge in [-0.15, -0.1) is 11.3 Å². The van der Waals surface area contributed by atoms with Crippen molar-refractivity contribution in [2.24, 2.45) is 0 Å². The van der Waals surface area contributed by atoms with Crippen molar-refractivity contribution in [1.82, 2.24) is 5.32 Å². The highest BCUT2D eigenvalue weighted by atomic mass is 35.5. The second-order valence-corrected chi connectivity index (χ2v) is 5.71. The summed E-state index contributed by atoms with van der Waals surface area (Å²) >= 11 is 7.94. The Morgan fingerprint density at radius 2 is 2.22 bits per heavy atom. The average Bonchev–Trinajstić information content (AvgIpc) is 2.99. The van der Waals surface area contributed by atoms with Crippen LogP contribution in [0.3, 0.4) is 0 Å². The zero-order chi connectivity index (χ0) is 12.5. The van der Waals surface area contributed by atoms with Crippen LogP contribution in [0.5, 0.6) is 5.75 Å². The number of nitrogens with one attached hydrogen (secondary N) is 1. The van der Waals surface area contributed by atoms with E-state index >= 15 is 0 Å². The van der Waals surface area contributed by atoms with Gasteiger partial charge < -0.3 is 10.1 Å². The molecule has 0 radical (unpaired) electrons. The van der Waals surface area contributed by atoms with E-state index in [0.717, 1.165) is 10.8 Å². The molecule has 0 spiro atoms. The number of thiophene rings is 1. The lowest BCUT2D eigenvalue weighted by Gasteiger charge is -2.21. The molecule has 4 heteroatoms. The molecular formula is C14H14ClNOS. The normalized spacial score (nSPS) is 19.3. The average molecular weight is 280 g/mol. The van der Waals surface area contributed by atoms with Gasteiger partial charge >= 0.3 is 0 Å². The van der Waals surface area contributed by atoms with Crippen molar-refractivity contribution >= 4 is 22.9 Å². The molecule has 94 valence electrons. The van der Waals surface area contributed by atoms with E-state index in [-0.39, 0.29) is 6.04 Å². The summed E-state index contributed by atoms with van der Waals surface area (Å²) in [6.07, 6.45) is 0. The van der Waals surface area contributed by atoms with Crippen LogP contribution in [-0.4, -0.2) is 13.7 Å². The minimum absolute atomic E-state index is 0.209. The standard InChI is InChI=1S/C14H14ClNOS/c1-16-13(14-11(15)6-7-18-14)10-8-17-12-5-3-2-4-9(10)12/h2-7,10,13,16H,8H2,1H3. The summed E-state index contributed by atoms with van der Waals surface area (Å²) in [6.45, 7) is 0.707. The van der Waals surface area contributed by atoms with E-state index in [1.54, 1.807) is 11.3 Å². The van der Waals surface area contributed by atoms with Crippen LogP contribution in [0.25, 0.3) is 0 Å². The van der Waals surface area contributed by atoms with Crippen molar-refractivity contribution in [3.8, 4) is 5.75 Å². The molecule has 0 amide bonds. The molecule has 0 aliphatic carbocycles. The Bertz CT molecular complexity index is 554. The molecule has 1 aliphatic rings. The molecule has 2 nitrogen and oxygen atoms in total. The Morgan fingerprint density at radius 1 is 1.39 bits per heavy atom. The zero-order valence-electron chi connectivity index (χ0n) is 10.0. The largest absolute Gasteiger partial charge is 0.493 e. The van der Waals surface area contributed by atoms with Crippen molar-refractivity contribution in [2.45, 2.75) is 12.0 Å². The summed E-state index contributed by atoms with van der Waals surface area (Å²) in [5, 5.41) is 6.24. The molecule has 18 heavy (non-hydrogen) atoms. The maximum absolute atomic E-state index is 6.25. The molecule has 0 fully saturated rings. The first-order valence-corrected chi connectivity index (χ1v) is 7.19. The van der Waals surface area contributed by atoms with Crippen molar-refractivity contribution in [3.63, 3.8) is 0 Å². The van der Waals surface area contributed by atoms with Gasteiger partial charge in [0.2, 0.25) is 0 Å². The van der Waals surface area contributed by atoms with Crippen molar-refractivity contribution < 1.29 is 4.74 Å². The number of hydrogen-bond acceptors (Lipinski definition) is 3. The molecule has 3 rings (SSSR count). The van der Waals surface area contributed by atoms with Gasteiger partial charge in [-0.05, 0) is 24.6 Å². The number of ether oxygens (including phenoxy) is 1. The number of benzene rings is 1. The lowest BCUT2D eigenvalue weighted by atomic mass is 9.92. The van der Waals surface area contributed by atoms with E-state index in [4.69, 9.17) is 16.3 Å². The van der Waals surface area contributed by atoms with E-state index in [1.807, 2.05) is 30.6 Å². The Hall–Kier alpha value is -1.03. The van der Waals surface area contributed by atoms with Gasteiger partial charge in [-0.3, -0.25) is 0 Å². The molecule has 1 aromatic heterocycles. The second kappa shape index (κ2) is 4.92. The van der Waals surface area contributed by atoms with Crippen LogP contribution in [0, 0.1) is 0 Å². The van der Waals surface area contributed by atoms with Crippen LogP contribution in [0.4, 0.5) is 0 Å². The molecule has 0 saturated heterocycles. The number of fused-ring (bicyclic) bond motifs is 1. The number of rotatable bonds is 3. The summed E-state index contributed by atoms with van der Waals surface area (Å²) in [7, 11) is 1.97. The van der Waals surface area contributed by atoms with E-state index in [9.17, 15) is 0 Å². The fraction of sp³-hybridized carbons (Fsp3) is 0.286. The highest BCUT2D eigenvalue weighted by molar-refractivity contribution is 7.10. The van der Waals surface area contributed by atoms with Gasteiger partial charge in [-0.2, -0.15) is 0 Å². The summed E-state index contributed by atoms with van der Waals surface area (Å²) in [5.41, 5.74) is 1.27. The molecule has 2 unspecified atom stereocenters. The Kier molecular flexibility index (Phi) is 3.29. The van der Waals surface area contributed by atoms with E-state index < -0.39 is 0 Å². The summed E-state index contributed by atoms with van der Waals surface area (Å²) < 4.78 is 5.75. The van der Waals surface area contributed by atoms with Gasteiger partial charge in [-0.25, -0.2) is 0 Å². The van der Waals surface area contributed by atoms with E-state index in [1.165, 1.54) is 10.4 Å². The Labute approximate surface area is 116 Å². The van der Waals surface area contributed by atoms with Crippen LogP contribution in [0.2, 0.25) is 5.02 Å². The maximum Gasteiger partial charge on any atom is 0.122 e. The Morgan fingerprint density at radius 3 is 2.94 bits per heavy atom. The first kappa shape index (κ1) is 12.0. The van der Waals surface area contributed by atoms with Crippen molar-refractivity contribution in [2.75, 3.05) is 13.7 Å². The molecule has 0 bridgehead atoms. The predicted octanol–water partition coefficient (Wildman–Crippen LogP) is 3.84. The van der Waals surface area contributed by atoms with Gasteiger partial charge in [0, 0.05) is 16.4 Å². The van der Waals surface area contributed by atoms with Gasteiger partial charge in [0.1, 0.15) is 5.75 Å². The quantitative estimate of drug-likeness (QED) is 0.922. The number of halogens is 1. The van der Waals surface area contributed by atoms with Crippen LogP contribution in [0.15, 0.2) is 35.7 Å². The first-order valence-electron chi connectivity index (χ1n) is 5.93. The molecule has 1 aromatic carbocycles. The van der Waals surface area contributed by atoms with Gasteiger partial charge in [0.25, 0.3) is 0 Å². The smallest absolute Gasteiger partial charge is 0.122 e. The fourth-order valence-electron chi connectivity index (χ4n) is 2.51. The Balaban J connectivity index is 1.98. The first-order chi connectivity index (χ1) is 8.81. The summed E-state index contributed by atoms with van der Waals surface area (Å²) in [4.78, 5) is 1.18. The van der Waals surface area contributed by atoms with E-state index in [2.05, 4.69) is 17.4 Å². The third-order valence-electron chi connectivity index (χ3n) is 3.38. The molecule has 1 N–H and O–H groups in total. The topological polar surface area (TPSA) is 21.3 Å². The van der Waals surface area contributed by atoms with Crippen molar-refractivity contribution in [3.05, 3.63) is 51.2 Å². The van der Waals surface area contributed by atoms with Crippen LogP contribution in [-0.2, 0) is 0 Å². The lowest BCUT2D eigenvalue weighted by molar-refractivity contribution is 0.305. The molecule has 1 aliphatic heterocycles. The molecule has 2 aromatic rings. The third-order valence-corrected chi connectivity index (χ3v) is 4.82. The predicted molar refractivity (Wildman–Crippen MR) is 75.8 cm³/mol. The molecular weight excluding hydrogens is 266 g/mol. The van der Waals surface area contributed by atoms with Gasteiger partial charge in [-0.1, -0.05) is 29.8 Å². The maximum atomic E-state index is 6.25. The fourth-order valence-corrected chi connectivity index (χ4v) is 3.85. The number of hydrogen-bond donors (Lipinski definition) is 1. The number of para-hydroxylation sites is 1. The zero-order valence-corrected chi connectivity index (χ0v) is 11.6. The van der Waals surface area contributed by atoms with Crippen LogP contribution in [0.1, 0.15) is 22.4 Å². The SMILES string of the molecule is CNC(c1sccc1Cl)C1COc2ccccc21. The molecule has 0 saturated carbocycles.